The summed E-state index contributed by atoms with van der Waals surface area (Å²) in [6, 6.07) is 28.9. The predicted octanol–water partition coefficient (Wildman–Crippen LogP) is 5.62. The van der Waals surface area contributed by atoms with Crippen molar-refractivity contribution in [2.75, 3.05) is 12.3 Å². The quantitative estimate of drug-likeness (QED) is 0.0606. The number of nitrogens with two attached hydrogens (primary N) is 1. The Bertz CT molecular complexity index is 2080. The lowest BCUT2D eigenvalue weighted by atomic mass is 9.84. The smallest absolute Gasteiger partial charge is 0.408 e. The van der Waals surface area contributed by atoms with Crippen LogP contribution in [0.1, 0.15) is 80.6 Å². The second-order valence-corrected chi connectivity index (χ2v) is 17.6. The molecule has 62 heavy (non-hydrogen) atoms. The summed E-state index contributed by atoms with van der Waals surface area (Å²) in [5.74, 6) is -4.03. The van der Waals surface area contributed by atoms with E-state index < -0.39 is 70.0 Å². The molecule has 0 bridgehead atoms. The number of aliphatic carboxylic acids is 1. The molecule has 4 aromatic rings. The highest BCUT2D eigenvalue weighted by atomic mass is 32.2. The Labute approximate surface area is 365 Å². The van der Waals surface area contributed by atoms with Crippen molar-refractivity contribution in [1.82, 2.24) is 21.3 Å². The van der Waals surface area contributed by atoms with Gasteiger partial charge in [0.25, 0.3) is 5.91 Å². The number of phenolic OH excluding ortho intramolecular Hbond substituents is 1. The van der Waals surface area contributed by atoms with E-state index >= 15 is 0 Å². The summed E-state index contributed by atoms with van der Waals surface area (Å²) in [6.07, 6.45) is -2.46. The van der Waals surface area contributed by atoms with Crippen LogP contribution in [0.2, 0.25) is 0 Å². The maximum atomic E-state index is 14.1. The normalized spacial score (nSPS) is 13.1. The Balaban J connectivity index is 1.56. The third-order valence-corrected chi connectivity index (χ3v) is 10.8. The van der Waals surface area contributed by atoms with Gasteiger partial charge in [-0.1, -0.05) is 97.1 Å². The summed E-state index contributed by atoms with van der Waals surface area (Å²) in [5, 5.41) is 30.3. The number of hydrogen-bond acceptors (Lipinski definition) is 10. The number of benzene rings is 4. The maximum absolute atomic E-state index is 14.1. The Kier molecular flexibility index (Phi) is 16.5. The number of carboxylic acid groups (broad SMARTS) is 1. The van der Waals surface area contributed by atoms with Gasteiger partial charge in [0.15, 0.2) is 0 Å². The van der Waals surface area contributed by atoms with Crippen molar-refractivity contribution in [2.45, 2.75) is 88.5 Å². The van der Waals surface area contributed by atoms with Gasteiger partial charge < -0.3 is 46.7 Å². The number of phenols is 1. The molecular formula is C46H55N5O10S. The Morgan fingerprint density at radius 2 is 1.13 bits per heavy atom. The van der Waals surface area contributed by atoms with Gasteiger partial charge in [0.2, 0.25) is 11.8 Å². The average molecular weight is 870 g/mol. The van der Waals surface area contributed by atoms with Gasteiger partial charge >= 0.3 is 18.2 Å². The number of carbonyl (C=O) groups is 6. The number of thioether (sulfide) groups is 1. The average Bonchev–Trinajstić information content (AvgIpc) is 3.20. The van der Waals surface area contributed by atoms with Crippen LogP contribution in [0.15, 0.2) is 109 Å². The molecule has 16 heteroatoms. The number of primary amides is 1. The summed E-state index contributed by atoms with van der Waals surface area (Å²) in [4.78, 5) is 78.2. The van der Waals surface area contributed by atoms with Gasteiger partial charge in [-0.2, -0.15) is 0 Å². The van der Waals surface area contributed by atoms with Crippen LogP contribution in [0.3, 0.4) is 0 Å². The molecule has 0 unspecified atom stereocenters. The molecule has 0 saturated heterocycles. The van der Waals surface area contributed by atoms with Gasteiger partial charge in [-0.05, 0) is 82.3 Å². The van der Waals surface area contributed by atoms with E-state index in [2.05, 4.69) is 21.3 Å². The highest BCUT2D eigenvalue weighted by molar-refractivity contribution is 8.00. The summed E-state index contributed by atoms with van der Waals surface area (Å²) >= 11 is 1.40. The fourth-order valence-electron chi connectivity index (χ4n) is 6.41. The van der Waals surface area contributed by atoms with Crippen molar-refractivity contribution in [2.24, 2.45) is 5.73 Å². The van der Waals surface area contributed by atoms with Gasteiger partial charge in [0, 0.05) is 24.3 Å². The first-order valence-corrected chi connectivity index (χ1v) is 20.9. The first kappa shape index (κ1) is 48.1. The van der Waals surface area contributed by atoms with Crippen LogP contribution in [0, 0.1) is 0 Å². The van der Waals surface area contributed by atoms with Crippen molar-refractivity contribution in [3.8, 4) is 5.75 Å². The number of rotatable bonds is 18. The van der Waals surface area contributed by atoms with Crippen LogP contribution in [-0.4, -0.2) is 87.7 Å². The van der Waals surface area contributed by atoms with E-state index in [0.29, 0.717) is 0 Å². The molecule has 0 heterocycles. The standard InChI is InChI=1S/C46H55N5O10S/c1-44(2,3)60-42(58)50-35(24-25-48-39(54)34-27-33(52)23-22-29(34)26-36(41(56)57)51-43(59)61-45(4,5)6)40(55)49-37(38(47)53)28-62-46(30-16-10-7-11-17-30,31-18-12-8-13-19-31)32-20-14-9-15-21-32/h7-23,27,35-37,52H,24-26,28H2,1-6H3,(H2,47,53)(H,48,54)(H,49,55)(H,50,58)(H,51,59)(H,56,57)/t35-,36-,37-/m0/s1. The zero-order valence-corrected chi connectivity index (χ0v) is 36.4. The molecule has 4 rings (SSSR count). The Hall–Kier alpha value is -6.55. The topological polar surface area (TPSA) is 235 Å². The SMILES string of the molecule is CC(C)(C)OC(=O)N[C@@H](Cc1ccc(O)cc1C(=O)NCC[C@H](NC(=O)OC(C)(C)C)C(=O)N[C@@H](CSC(c1ccccc1)(c1ccccc1)c1ccccc1)C(N)=O)C(=O)O. The molecule has 3 atom stereocenters. The fourth-order valence-corrected chi connectivity index (χ4v) is 7.98. The zero-order valence-electron chi connectivity index (χ0n) is 35.6. The highest BCUT2D eigenvalue weighted by Crippen LogP contribution is 2.48. The lowest BCUT2D eigenvalue weighted by Crippen LogP contribution is -2.55. The monoisotopic (exact) mass is 869 g/mol. The van der Waals surface area contributed by atoms with Gasteiger partial charge in [0.1, 0.15) is 35.1 Å². The van der Waals surface area contributed by atoms with Crippen molar-refractivity contribution in [1.29, 1.82) is 0 Å². The minimum Gasteiger partial charge on any atom is -0.508 e. The van der Waals surface area contributed by atoms with E-state index in [1.54, 1.807) is 41.5 Å². The largest absolute Gasteiger partial charge is 0.508 e. The predicted molar refractivity (Wildman–Crippen MR) is 236 cm³/mol. The third kappa shape index (κ3) is 14.0. The van der Waals surface area contributed by atoms with E-state index in [-0.39, 0.29) is 42.0 Å². The summed E-state index contributed by atoms with van der Waals surface area (Å²) in [7, 11) is 0. The number of aromatic hydroxyl groups is 1. The summed E-state index contributed by atoms with van der Waals surface area (Å²) in [5.41, 5.74) is 6.93. The van der Waals surface area contributed by atoms with E-state index in [0.717, 1.165) is 22.8 Å². The Morgan fingerprint density at radius 3 is 1.56 bits per heavy atom. The molecule has 330 valence electrons. The number of carboxylic acids is 1. The molecule has 8 N–H and O–H groups in total. The number of amides is 5. The molecule has 5 amide bonds. The molecular weight excluding hydrogens is 815 g/mol. The number of ether oxygens (including phenoxy) is 2. The molecule has 0 fully saturated rings. The number of carbonyl (C=O) groups excluding carboxylic acids is 5. The molecule has 0 aliphatic carbocycles. The van der Waals surface area contributed by atoms with E-state index in [4.69, 9.17) is 15.2 Å². The second kappa shape index (κ2) is 21.3. The van der Waals surface area contributed by atoms with Crippen molar-refractivity contribution < 1.29 is 48.5 Å². The molecule has 4 aromatic carbocycles. The molecule has 0 aliphatic heterocycles. The lowest BCUT2D eigenvalue weighted by Gasteiger charge is -2.36. The van der Waals surface area contributed by atoms with Gasteiger partial charge in [-0.15, -0.1) is 11.8 Å². The third-order valence-electron chi connectivity index (χ3n) is 9.14. The molecule has 0 radical (unpaired) electrons. The summed E-state index contributed by atoms with van der Waals surface area (Å²) < 4.78 is 9.76. The van der Waals surface area contributed by atoms with Crippen LogP contribution in [0.25, 0.3) is 0 Å². The van der Waals surface area contributed by atoms with Crippen LogP contribution >= 0.6 is 11.8 Å². The van der Waals surface area contributed by atoms with Crippen molar-refractivity contribution in [3.05, 3.63) is 137 Å². The van der Waals surface area contributed by atoms with E-state index in [1.165, 1.54) is 23.9 Å². The van der Waals surface area contributed by atoms with E-state index in [1.807, 2.05) is 91.0 Å². The number of hydrogen-bond donors (Lipinski definition) is 7. The van der Waals surface area contributed by atoms with Crippen molar-refractivity contribution in [3.63, 3.8) is 0 Å². The second-order valence-electron chi connectivity index (χ2n) is 16.4. The molecule has 15 nitrogen and oxygen atoms in total. The number of nitrogens with one attached hydrogen (secondary N) is 4. The first-order valence-electron chi connectivity index (χ1n) is 19.9. The zero-order chi connectivity index (χ0) is 45.7. The van der Waals surface area contributed by atoms with Gasteiger partial charge in [0.05, 0.1) is 4.75 Å². The minimum atomic E-state index is -1.50. The summed E-state index contributed by atoms with van der Waals surface area (Å²) in [6.45, 7) is 9.56. The van der Waals surface area contributed by atoms with Crippen LogP contribution in [-0.2, 0) is 35.0 Å². The van der Waals surface area contributed by atoms with Gasteiger partial charge in [-0.25, -0.2) is 14.4 Å². The Morgan fingerprint density at radius 1 is 0.661 bits per heavy atom. The van der Waals surface area contributed by atoms with Gasteiger partial charge in [-0.3, -0.25) is 14.4 Å². The number of alkyl carbamates (subject to hydrolysis) is 2. The maximum Gasteiger partial charge on any atom is 0.408 e. The fraction of sp³-hybridized carbons (Fsp3) is 0.348. The highest BCUT2D eigenvalue weighted by Gasteiger charge is 2.39. The molecule has 0 aliphatic rings. The van der Waals surface area contributed by atoms with Crippen molar-refractivity contribution >= 4 is 47.6 Å². The van der Waals surface area contributed by atoms with Crippen LogP contribution < -0.4 is 27.0 Å². The lowest BCUT2D eigenvalue weighted by molar-refractivity contribution is -0.139. The minimum absolute atomic E-state index is 0.00997. The van der Waals surface area contributed by atoms with Crippen LogP contribution in [0.4, 0.5) is 9.59 Å². The van der Waals surface area contributed by atoms with Crippen LogP contribution in [0.5, 0.6) is 5.75 Å². The first-order chi connectivity index (χ1) is 29.2. The molecule has 0 aromatic heterocycles. The van der Waals surface area contributed by atoms with E-state index in [9.17, 15) is 39.0 Å². The molecule has 0 saturated carbocycles. The molecule has 0 spiro atoms.